The predicted molar refractivity (Wildman–Crippen MR) is 73.0 cm³/mol. The predicted octanol–water partition coefficient (Wildman–Crippen LogP) is 0.228. The minimum Gasteiger partial charge on any atom is -0.397 e. The van der Waals surface area contributed by atoms with Crippen LogP contribution in [0.25, 0.3) is 0 Å². The summed E-state index contributed by atoms with van der Waals surface area (Å²) in [7, 11) is 1.63. The second-order valence-corrected chi connectivity index (χ2v) is 3.91. The molecule has 0 aliphatic rings. The quantitative estimate of drug-likeness (QED) is 0.552. The fraction of sp³-hybridized carbons (Fsp3) is 0.500. The molecule has 1 amide bonds. The number of ether oxygens (including phenoxy) is 2. The first kappa shape index (κ1) is 15.2. The summed E-state index contributed by atoms with van der Waals surface area (Å²) >= 11 is 0. The smallest absolute Gasteiger partial charge is 0.250 e. The summed E-state index contributed by atoms with van der Waals surface area (Å²) < 4.78 is 10.2. The number of nitrogens with two attached hydrogens (primary N) is 2. The van der Waals surface area contributed by atoms with Crippen LogP contribution in [-0.4, -0.2) is 44.4 Å². The summed E-state index contributed by atoms with van der Waals surface area (Å²) in [4.78, 5) is 15.2. The van der Waals surface area contributed by atoms with Crippen LogP contribution < -0.4 is 16.8 Å². The molecule has 19 heavy (non-hydrogen) atoms. The molecule has 1 rings (SSSR count). The normalized spacial score (nSPS) is 10.4. The van der Waals surface area contributed by atoms with Crippen LogP contribution >= 0.6 is 0 Å². The van der Waals surface area contributed by atoms with Crippen molar-refractivity contribution >= 4 is 17.4 Å². The minimum absolute atomic E-state index is 0.272. The van der Waals surface area contributed by atoms with Gasteiger partial charge in [-0.25, -0.2) is 4.98 Å². The van der Waals surface area contributed by atoms with Crippen LogP contribution in [-0.2, 0) is 9.47 Å². The lowest BCUT2D eigenvalue weighted by Gasteiger charge is -2.08. The summed E-state index contributed by atoms with van der Waals surface area (Å²) in [5.41, 5.74) is 11.3. The molecule has 0 saturated carbocycles. The molecule has 0 aromatic carbocycles. The number of methoxy groups -OCH3 is 1. The number of nitrogens with zero attached hydrogens (tertiary/aromatic N) is 1. The Hall–Kier alpha value is -1.86. The highest BCUT2D eigenvalue weighted by atomic mass is 16.5. The van der Waals surface area contributed by atoms with Crippen molar-refractivity contribution in [2.24, 2.45) is 5.73 Å². The van der Waals surface area contributed by atoms with Gasteiger partial charge >= 0.3 is 0 Å². The number of hydrogen-bond donors (Lipinski definition) is 3. The maximum Gasteiger partial charge on any atom is 0.250 e. The van der Waals surface area contributed by atoms with Crippen LogP contribution in [0.5, 0.6) is 0 Å². The molecule has 106 valence electrons. The molecule has 0 bridgehead atoms. The van der Waals surface area contributed by atoms with Crippen molar-refractivity contribution in [2.45, 2.75) is 6.42 Å². The molecular weight excluding hydrogens is 248 g/mol. The summed E-state index contributed by atoms with van der Waals surface area (Å²) in [6.45, 7) is 2.49. The molecule has 0 aliphatic carbocycles. The molecule has 0 spiro atoms. The van der Waals surface area contributed by atoms with E-state index < -0.39 is 5.91 Å². The van der Waals surface area contributed by atoms with Gasteiger partial charge in [-0.15, -0.1) is 0 Å². The first-order valence-electron chi connectivity index (χ1n) is 6.01. The van der Waals surface area contributed by atoms with Crippen molar-refractivity contribution < 1.29 is 14.3 Å². The third-order valence-corrected chi connectivity index (χ3v) is 2.40. The number of rotatable bonds is 9. The molecule has 0 aliphatic heterocycles. The number of primary amides is 1. The van der Waals surface area contributed by atoms with Gasteiger partial charge in [0.1, 0.15) is 5.82 Å². The number of nitrogen functional groups attached to an aromatic ring is 1. The van der Waals surface area contributed by atoms with Gasteiger partial charge in [-0.1, -0.05) is 0 Å². The van der Waals surface area contributed by atoms with E-state index in [-0.39, 0.29) is 11.3 Å². The van der Waals surface area contributed by atoms with Gasteiger partial charge in [0.15, 0.2) is 0 Å². The Morgan fingerprint density at radius 1 is 1.42 bits per heavy atom. The summed E-state index contributed by atoms with van der Waals surface area (Å²) in [6, 6.07) is 1.55. The fourth-order valence-electron chi connectivity index (χ4n) is 1.41. The van der Waals surface area contributed by atoms with Crippen LogP contribution in [0.2, 0.25) is 0 Å². The van der Waals surface area contributed by atoms with Gasteiger partial charge in [0.25, 0.3) is 5.91 Å². The average Bonchev–Trinajstić information content (AvgIpc) is 2.39. The first-order chi connectivity index (χ1) is 9.15. The Balaban J connectivity index is 2.30. The lowest BCUT2D eigenvalue weighted by atomic mass is 10.2. The number of amides is 1. The Morgan fingerprint density at radius 3 is 2.89 bits per heavy atom. The van der Waals surface area contributed by atoms with E-state index >= 15 is 0 Å². The summed E-state index contributed by atoms with van der Waals surface area (Å²) in [6.07, 6.45) is 2.24. The third kappa shape index (κ3) is 5.54. The number of carbonyl (C=O) groups excluding carboxylic acids is 1. The Morgan fingerprint density at radius 2 is 2.21 bits per heavy atom. The van der Waals surface area contributed by atoms with Crippen molar-refractivity contribution in [1.82, 2.24) is 4.98 Å². The van der Waals surface area contributed by atoms with Gasteiger partial charge in [-0.3, -0.25) is 4.79 Å². The molecule has 5 N–H and O–H groups in total. The first-order valence-corrected chi connectivity index (χ1v) is 6.01. The van der Waals surface area contributed by atoms with Gasteiger partial charge in [0, 0.05) is 20.3 Å². The molecule has 0 unspecified atom stereocenters. The van der Waals surface area contributed by atoms with Crippen LogP contribution in [0.1, 0.15) is 16.8 Å². The number of hydrogen-bond acceptors (Lipinski definition) is 6. The number of anilines is 2. The number of aromatic nitrogens is 1. The molecule has 0 atom stereocenters. The van der Waals surface area contributed by atoms with E-state index in [0.717, 1.165) is 6.42 Å². The molecule has 1 aromatic heterocycles. The van der Waals surface area contributed by atoms with Gasteiger partial charge in [-0.05, 0) is 12.5 Å². The van der Waals surface area contributed by atoms with Crippen molar-refractivity contribution in [2.75, 3.05) is 44.5 Å². The van der Waals surface area contributed by atoms with E-state index in [2.05, 4.69) is 10.3 Å². The van der Waals surface area contributed by atoms with E-state index in [4.69, 9.17) is 20.9 Å². The molecular formula is C12H20N4O3. The zero-order valence-electron chi connectivity index (χ0n) is 11.0. The summed E-state index contributed by atoms with van der Waals surface area (Å²) in [5, 5.41) is 3.07. The number of carbonyl (C=O) groups is 1. The molecule has 0 fully saturated rings. The lowest BCUT2D eigenvalue weighted by Crippen LogP contribution is -2.15. The van der Waals surface area contributed by atoms with E-state index in [1.54, 1.807) is 13.2 Å². The highest BCUT2D eigenvalue weighted by molar-refractivity contribution is 5.98. The highest BCUT2D eigenvalue weighted by Crippen LogP contribution is 2.13. The lowest BCUT2D eigenvalue weighted by molar-refractivity contribution is 0.0705. The fourth-order valence-corrected chi connectivity index (χ4v) is 1.41. The Labute approximate surface area is 112 Å². The minimum atomic E-state index is -0.564. The average molecular weight is 268 g/mol. The van der Waals surface area contributed by atoms with E-state index in [1.807, 2.05) is 0 Å². The van der Waals surface area contributed by atoms with E-state index in [1.165, 1.54) is 6.20 Å². The summed E-state index contributed by atoms with van der Waals surface area (Å²) in [5.74, 6) is 0.00532. The van der Waals surface area contributed by atoms with Crippen molar-refractivity contribution in [3.05, 3.63) is 17.8 Å². The second-order valence-electron chi connectivity index (χ2n) is 3.91. The van der Waals surface area contributed by atoms with Crippen LogP contribution in [0.3, 0.4) is 0 Å². The maximum absolute atomic E-state index is 11.1. The van der Waals surface area contributed by atoms with Gasteiger partial charge in [-0.2, -0.15) is 0 Å². The molecule has 1 aromatic rings. The second kappa shape index (κ2) is 8.28. The third-order valence-electron chi connectivity index (χ3n) is 2.40. The zero-order chi connectivity index (χ0) is 14.1. The molecule has 0 saturated heterocycles. The van der Waals surface area contributed by atoms with Crippen LogP contribution in [0.15, 0.2) is 12.3 Å². The SMILES string of the molecule is COCCOCCCNc1cc(C(N)=O)c(N)cn1. The molecule has 7 nitrogen and oxygen atoms in total. The van der Waals surface area contributed by atoms with E-state index in [0.29, 0.717) is 32.2 Å². The molecule has 1 heterocycles. The zero-order valence-corrected chi connectivity index (χ0v) is 11.0. The number of nitrogens with one attached hydrogen (secondary N) is 1. The topological polar surface area (TPSA) is 112 Å². The van der Waals surface area contributed by atoms with Crippen molar-refractivity contribution in [3.8, 4) is 0 Å². The van der Waals surface area contributed by atoms with Gasteiger partial charge < -0.3 is 26.3 Å². The number of pyridine rings is 1. The van der Waals surface area contributed by atoms with Crippen molar-refractivity contribution in [3.63, 3.8) is 0 Å². The highest BCUT2D eigenvalue weighted by Gasteiger charge is 2.07. The monoisotopic (exact) mass is 268 g/mol. The maximum atomic E-state index is 11.1. The van der Waals surface area contributed by atoms with Gasteiger partial charge in [0.05, 0.1) is 30.7 Å². The van der Waals surface area contributed by atoms with E-state index in [9.17, 15) is 4.79 Å². The molecule has 0 radical (unpaired) electrons. The Bertz CT molecular complexity index is 412. The van der Waals surface area contributed by atoms with Gasteiger partial charge in [0.2, 0.25) is 0 Å². The van der Waals surface area contributed by atoms with Crippen LogP contribution in [0.4, 0.5) is 11.5 Å². The van der Waals surface area contributed by atoms with Crippen molar-refractivity contribution in [1.29, 1.82) is 0 Å². The van der Waals surface area contributed by atoms with Crippen LogP contribution in [0, 0.1) is 0 Å². The Kier molecular flexibility index (Phi) is 6.62. The molecule has 7 heteroatoms. The largest absolute Gasteiger partial charge is 0.397 e. The standard InChI is InChI=1S/C12H20N4O3/c1-18-5-6-19-4-2-3-15-11-7-9(12(14)17)10(13)8-16-11/h7-8H,2-6,13H2,1H3,(H2,14,17)(H,15,16).